The number of ketones is 1. The lowest BCUT2D eigenvalue weighted by atomic mass is 9.95. The number of benzene rings is 3. The van der Waals surface area contributed by atoms with Crippen LogP contribution in [-0.4, -0.2) is 58.9 Å². The van der Waals surface area contributed by atoms with E-state index in [1.165, 1.54) is 17.0 Å². The van der Waals surface area contributed by atoms with Crippen LogP contribution in [0.25, 0.3) is 5.76 Å². The van der Waals surface area contributed by atoms with Crippen molar-refractivity contribution < 1.29 is 24.5 Å². The molecule has 0 aliphatic carbocycles. The molecule has 0 aromatic heterocycles. The van der Waals surface area contributed by atoms with E-state index in [9.17, 15) is 19.8 Å². The van der Waals surface area contributed by atoms with Crippen LogP contribution in [0.4, 0.5) is 0 Å². The van der Waals surface area contributed by atoms with Crippen LogP contribution in [0.2, 0.25) is 0 Å². The van der Waals surface area contributed by atoms with E-state index in [1.54, 1.807) is 36.4 Å². The van der Waals surface area contributed by atoms with E-state index < -0.39 is 17.7 Å². The first-order chi connectivity index (χ1) is 16.8. The molecule has 1 atom stereocenters. The minimum atomic E-state index is -0.760. The van der Waals surface area contributed by atoms with Crippen molar-refractivity contribution in [2.75, 3.05) is 27.2 Å². The normalized spacial score (nSPS) is 17.2. The standard InChI is InChI=1S/C28H28N2O5/c1-29(2)16-17-30-25(20-8-12-22(31)13-9-20)24(27(33)28(30)34)26(32)21-10-14-23(15-11-21)35-18-19-6-4-3-5-7-19/h3-15,25,31-32H,16-18H2,1-2H3/b26-24+. The Labute approximate surface area is 204 Å². The summed E-state index contributed by atoms with van der Waals surface area (Å²) in [5, 5.41) is 20.9. The Hall–Kier alpha value is -4.10. The fourth-order valence-corrected chi connectivity index (χ4v) is 4.03. The van der Waals surface area contributed by atoms with Gasteiger partial charge in [0.2, 0.25) is 0 Å². The Balaban J connectivity index is 1.65. The summed E-state index contributed by atoms with van der Waals surface area (Å²) in [7, 11) is 3.77. The SMILES string of the molecule is CN(C)CCN1C(=O)C(=O)/C(=C(/O)c2ccc(OCc3ccccc3)cc2)C1c1ccc(O)cc1. The number of amides is 1. The van der Waals surface area contributed by atoms with Crippen molar-refractivity contribution in [1.29, 1.82) is 0 Å². The quantitative estimate of drug-likeness (QED) is 0.293. The summed E-state index contributed by atoms with van der Waals surface area (Å²) >= 11 is 0. The van der Waals surface area contributed by atoms with Gasteiger partial charge in [0, 0.05) is 18.7 Å². The van der Waals surface area contributed by atoms with E-state index in [0.29, 0.717) is 36.6 Å². The van der Waals surface area contributed by atoms with Gasteiger partial charge in [-0.2, -0.15) is 0 Å². The summed E-state index contributed by atoms with van der Waals surface area (Å²) < 4.78 is 5.81. The van der Waals surface area contributed by atoms with Gasteiger partial charge in [0.25, 0.3) is 11.7 Å². The second-order valence-electron chi connectivity index (χ2n) is 8.69. The molecule has 0 bridgehead atoms. The van der Waals surface area contributed by atoms with Gasteiger partial charge >= 0.3 is 0 Å². The molecule has 1 amide bonds. The molecule has 1 aliphatic heterocycles. The Kier molecular flexibility index (Phi) is 7.17. The van der Waals surface area contributed by atoms with Gasteiger partial charge in [0.05, 0.1) is 11.6 Å². The summed E-state index contributed by atoms with van der Waals surface area (Å²) in [5.41, 5.74) is 2.10. The number of carbonyl (C=O) groups is 2. The molecule has 7 nitrogen and oxygen atoms in total. The average Bonchev–Trinajstić information content (AvgIpc) is 3.12. The van der Waals surface area contributed by atoms with Gasteiger partial charge in [-0.25, -0.2) is 0 Å². The second kappa shape index (κ2) is 10.4. The Bertz CT molecular complexity index is 1220. The van der Waals surface area contributed by atoms with Gasteiger partial charge in [-0.05, 0) is 61.6 Å². The monoisotopic (exact) mass is 472 g/mol. The maximum atomic E-state index is 13.1. The Morgan fingerprint density at radius 1 is 0.943 bits per heavy atom. The number of aliphatic hydroxyl groups is 1. The molecular weight excluding hydrogens is 444 g/mol. The predicted octanol–water partition coefficient (Wildman–Crippen LogP) is 3.95. The third-order valence-corrected chi connectivity index (χ3v) is 5.91. The van der Waals surface area contributed by atoms with E-state index >= 15 is 0 Å². The highest BCUT2D eigenvalue weighted by atomic mass is 16.5. The van der Waals surface area contributed by atoms with Crippen molar-refractivity contribution >= 4 is 17.4 Å². The number of phenolic OH excluding ortho intramolecular Hbond substituents is 1. The molecule has 1 saturated heterocycles. The number of Topliss-reactive ketones (excluding diaryl/α,β-unsaturated/α-hetero) is 1. The van der Waals surface area contributed by atoms with E-state index in [1.807, 2.05) is 49.3 Å². The fraction of sp³-hybridized carbons (Fsp3) is 0.214. The number of ether oxygens (including phenoxy) is 1. The van der Waals surface area contributed by atoms with Gasteiger partial charge in [0.1, 0.15) is 23.9 Å². The van der Waals surface area contributed by atoms with E-state index in [-0.39, 0.29) is 17.1 Å². The Morgan fingerprint density at radius 3 is 2.23 bits per heavy atom. The molecule has 1 fully saturated rings. The van der Waals surface area contributed by atoms with Gasteiger partial charge in [0.15, 0.2) is 0 Å². The van der Waals surface area contributed by atoms with Crippen LogP contribution in [-0.2, 0) is 16.2 Å². The van der Waals surface area contributed by atoms with E-state index in [2.05, 4.69) is 0 Å². The smallest absolute Gasteiger partial charge is 0.295 e. The number of nitrogens with zero attached hydrogens (tertiary/aromatic N) is 2. The van der Waals surface area contributed by atoms with Crippen molar-refractivity contribution in [2.45, 2.75) is 12.6 Å². The zero-order valence-corrected chi connectivity index (χ0v) is 19.7. The molecule has 0 radical (unpaired) electrons. The molecule has 4 rings (SSSR count). The zero-order chi connectivity index (χ0) is 24.9. The lowest BCUT2D eigenvalue weighted by molar-refractivity contribution is -0.140. The molecule has 3 aromatic carbocycles. The van der Waals surface area contributed by atoms with Gasteiger partial charge in [-0.15, -0.1) is 0 Å². The highest BCUT2D eigenvalue weighted by Gasteiger charge is 2.45. The van der Waals surface area contributed by atoms with Crippen molar-refractivity contribution in [3.63, 3.8) is 0 Å². The van der Waals surface area contributed by atoms with Crippen LogP contribution in [0.3, 0.4) is 0 Å². The number of likely N-dealkylation sites (tertiary alicyclic amines) is 1. The Morgan fingerprint density at radius 2 is 1.60 bits per heavy atom. The summed E-state index contributed by atoms with van der Waals surface area (Å²) in [4.78, 5) is 29.4. The number of rotatable bonds is 8. The van der Waals surface area contributed by atoms with Crippen LogP contribution < -0.4 is 4.74 Å². The highest BCUT2D eigenvalue weighted by molar-refractivity contribution is 6.46. The molecule has 0 saturated carbocycles. The number of likely N-dealkylation sites (N-methyl/N-ethyl adjacent to an activating group) is 1. The number of carbonyl (C=O) groups excluding carboxylic acids is 2. The molecule has 1 unspecified atom stereocenters. The average molecular weight is 473 g/mol. The number of phenols is 1. The molecule has 0 spiro atoms. The molecular formula is C28H28N2O5. The van der Waals surface area contributed by atoms with Gasteiger partial charge in [-0.3, -0.25) is 9.59 Å². The maximum absolute atomic E-state index is 13.1. The van der Waals surface area contributed by atoms with Gasteiger partial charge < -0.3 is 24.7 Å². The third-order valence-electron chi connectivity index (χ3n) is 5.91. The first-order valence-electron chi connectivity index (χ1n) is 11.3. The van der Waals surface area contributed by atoms with Crippen molar-refractivity contribution in [1.82, 2.24) is 9.80 Å². The minimum Gasteiger partial charge on any atom is -0.508 e. The first-order valence-corrected chi connectivity index (χ1v) is 11.3. The van der Waals surface area contributed by atoms with Crippen LogP contribution >= 0.6 is 0 Å². The molecule has 35 heavy (non-hydrogen) atoms. The van der Waals surface area contributed by atoms with Crippen LogP contribution in [0.5, 0.6) is 11.5 Å². The van der Waals surface area contributed by atoms with Crippen LogP contribution in [0.1, 0.15) is 22.7 Å². The molecule has 1 heterocycles. The molecule has 3 aromatic rings. The summed E-state index contributed by atoms with van der Waals surface area (Å²) in [6, 6.07) is 22.1. The predicted molar refractivity (Wildman–Crippen MR) is 133 cm³/mol. The lowest BCUT2D eigenvalue weighted by Gasteiger charge is -2.26. The highest BCUT2D eigenvalue weighted by Crippen LogP contribution is 2.39. The van der Waals surface area contributed by atoms with E-state index in [0.717, 1.165) is 5.56 Å². The number of aromatic hydroxyl groups is 1. The van der Waals surface area contributed by atoms with Crippen LogP contribution in [0, 0.1) is 0 Å². The summed E-state index contributed by atoms with van der Waals surface area (Å²) in [6.07, 6.45) is 0. The molecule has 7 heteroatoms. The largest absolute Gasteiger partial charge is 0.508 e. The number of hydrogen-bond acceptors (Lipinski definition) is 6. The first kappa shape index (κ1) is 24.0. The van der Waals surface area contributed by atoms with Crippen molar-refractivity contribution in [2.24, 2.45) is 0 Å². The summed E-state index contributed by atoms with van der Waals surface area (Å²) in [6.45, 7) is 1.27. The lowest BCUT2D eigenvalue weighted by Crippen LogP contribution is -2.35. The molecule has 2 N–H and O–H groups in total. The summed E-state index contributed by atoms with van der Waals surface area (Å²) in [5.74, 6) is -0.946. The van der Waals surface area contributed by atoms with Crippen LogP contribution in [0.15, 0.2) is 84.4 Å². The van der Waals surface area contributed by atoms with Crippen molar-refractivity contribution in [3.05, 3.63) is 101 Å². The minimum absolute atomic E-state index is 0.0254. The number of hydrogen-bond donors (Lipinski definition) is 2. The zero-order valence-electron chi connectivity index (χ0n) is 19.7. The fourth-order valence-electron chi connectivity index (χ4n) is 4.03. The van der Waals surface area contributed by atoms with E-state index in [4.69, 9.17) is 4.74 Å². The molecule has 180 valence electrons. The second-order valence-corrected chi connectivity index (χ2v) is 8.69. The number of aliphatic hydroxyl groups excluding tert-OH is 1. The van der Waals surface area contributed by atoms with Gasteiger partial charge in [-0.1, -0.05) is 42.5 Å². The maximum Gasteiger partial charge on any atom is 0.295 e. The topological polar surface area (TPSA) is 90.3 Å². The molecule has 1 aliphatic rings. The third kappa shape index (κ3) is 5.36. The van der Waals surface area contributed by atoms with Crippen molar-refractivity contribution in [3.8, 4) is 11.5 Å².